The second kappa shape index (κ2) is 6.51. The second-order valence-electron chi connectivity index (χ2n) is 6.06. The van der Waals surface area contributed by atoms with Gasteiger partial charge in [0.2, 0.25) is 11.8 Å². The summed E-state index contributed by atoms with van der Waals surface area (Å²) in [5.41, 5.74) is 0.893. The molecule has 0 saturated heterocycles. The third-order valence-electron chi connectivity index (χ3n) is 2.94. The van der Waals surface area contributed by atoms with Crippen LogP contribution in [0.15, 0.2) is 10.6 Å². The minimum Gasteiger partial charge on any atom is -0.338 e. The highest BCUT2D eigenvalue weighted by Crippen LogP contribution is 2.23. The number of nitrogens with one attached hydrogen (secondary N) is 1. The van der Waals surface area contributed by atoms with Crippen molar-refractivity contribution in [3.05, 3.63) is 23.5 Å². The van der Waals surface area contributed by atoms with Crippen LogP contribution in [0.3, 0.4) is 0 Å². The van der Waals surface area contributed by atoms with Crippen molar-refractivity contribution in [2.75, 3.05) is 11.1 Å². The number of carbonyl (C=O) groups is 1. The van der Waals surface area contributed by atoms with Crippen LogP contribution in [-0.4, -0.2) is 31.6 Å². The summed E-state index contributed by atoms with van der Waals surface area (Å²) in [6, 6.07) is 1.91. The molecule has 0 fully saturated rings. The molecule has 8 heteroatoms. The fourth-order valence-electron chi connectivity index (χ4n) is 1.76. The Labute approximate surface area is 133 Å². The average molecular weight is 323 g/mol. The van der Waals surface area contributed by atoms with Gasteiger partial charge < -0.3 is 9.84 Å². The number of amides is 1. The number of nitrogens with zero attached hydrogens (tertiary/aromatic N) is 4. The number of anilines is 1. The quantitative estimate of drug-likeness (QED) is 0.908. The number of carbonyl (C=O) groups excluding carboxylic acids is 1. The van der Waals surface area contributed by atoms with Crippen LogP contribution in [0.25, 0.3) is 0 Å². The van der Waals surface area contributed by atoms with Gasteiger partial charge in [0.15, 0.2) is 5.82 Å². The number of thioether (sulfide) groups is 1. The van der Waals surface area contributed by atoms with Gasteiger partial charge in [-0.15, -0.1) is 11.8 Å². The molecular weight excluding hydrogens is 302 g/mol. The Hall–Kier alpha value is -1.83. The van der Waals surface area contributed by atoms with Gasteiger partial charge in [0.25, 0.3) is 0 Å². The number of aromatic nitrogens is 4. The van der Waals surface area contributed by atoms with E-state index in [9.17, 15) is 4.79 Å². The molecule has 120 valence electrons. The van der Waals surface area contributed by atoms with E-state index in [0.717, 1.165) is 5.69 Å². The van der Waals surface area contributed by atoms with Crippen LogP contribution >= 0.6 is 11.8 Å². The molecule has 0 aliphatic rings. The zero-order chi connectivity index (χ0) is 16.3. The van der Waals surface area contributed by atoms with E-state index >= 15 is 0 Å². The molecule has 7 nitrogen and oxygen atoms in total. The van der Waals surface area contributed by atoms with E-state index in [1.54, 1.807) is 11.6 Å². The van der Waals surface area contributed by atoms with Gasteiger partial charge in [-0.3, -0.25) is 9.48 Å². The lowest BCUT2D eigenvalue weighted by Crippen LogP contribution is -2.16. The van der Waals surface area contributed by atoms with Gasteiger partial charge in [-0.05, 0) is 6.92 Å². The molecule has 0 radical (unpaired) electrons. The molecule has 0 spiro atoms. The molecule has 0 saturated carbocycles. The van der Waals surface area contributed by atoms with Crippen LogP contribution < -0.4 is 5.32 Å². The van der Waals surface area contributed by atoms with Crippen molar-refractivity contribution in [1.82, 2.24) is 19.9 Å². The van der Waals surface area contributed by atoms with Crippen molar-refractivity contribution in [2.45, 2.75) is 38.9 Å². The maximum Gasteiger partial charge on any atom is 0.236 e. The van der Waals surface area contributed by atoms with Crippen molar-refractivity contribution in [1.29, 1.82) is 0 Å². The van der Waals surface area contributed by atoms with E-state index in [0.29, 0.717) is 29.0 Å². The summed E-state index contributed by atoms with van der Waals surface area (Å²) < 4.78 is 6.68. The first-order valence-corrected chi connectivity index (χ1v) is 8.12. The van der Waals surface area contributed by atoms with Gasteiger partial charge in [0, 0.05) is 18.5 Å². The first-order chi connectivity index (χ1) is 10.3. The minimum atomic E-state index is -0.0790. The van der Waals surface area contributed by atoms with Crippen LogP contribution in [0, 0.1) is 6.92 Å². The van der Waals surface area contributed by atoms with Crippen molar-refractivity contribution in [2.24, 2.45) is 7.05 Å². The second-order valence-corrected chi connectivity index (χ2v) is 7.05. The Kier molecular flexibility index (Phi) is 4.90. The van der Waals surface area contributed by atoms with Gasteiger partial charge in [-0.2, -0.15) is 10.1 Å². The normalized spacial score (nSPS) is 11.7. The predicted octanol–water partition coefficient (Wildman–Crippen LogP) is 2.28. The van der Waals surface area contributed by atoms with Gasteiger partial charge >= 0.3 is 0 Å². The van der Waals surface area contributed by atoms with E-state index in [4.69, 9.17) is 4.52 Å². The zero-order valence-electron chi connectivity index (χ0n) is 13.5. The lowest BCUT2D eigenvalue weighted by atomic mass is 9.92. The van der Waals surface area contributed by atoms with Crippen LogP contribution in [0.4, 0.5) is 5.82 Å². The molecule has 0 aromatic carbocycles. The largest absolute Gasteiger partial charge is 0.338 e. The van der Waals surface area contributed by atoms with Crippen LogP contribution in [-0.2, 0) is 23.0 Å². The van der Waals surface area contributed by atoms with Gasteiger partial charge in [0.1, 0.15) is 5.82 Å². The first-order valence-electron chi connectivity index (χ1n) is 6.97. The lowest BCUT2D eigenvalue weighted by molar-refractivity contribution is -0.113. The Morgan fingerprint density at radius 1 is 1.45 bits per heavy atom. The topological polar surface area (TPSA) is 85.8 Å². The van der Waals surface area contributed by atoms with Gasteiger partial charge in [-0.1, -0.05) is 25.9 Å². The molecule has 1 amide bonds. The highest BCUT2D eigenvalue weighted by Gasteiger charge is 2.19. The van der Waals surface area contributed by atoms with E-state index in [1.807, 2.05) is 13.1 Å². The molecule has 2 aromatic rings. The molecule has 0 aliphatic carbocycles. The Bertz CT molecular complexity index is 656. The van der Waals surface area contributed by atoms with Crippen LogP contribution in [0.1, 0.15) is 38.2 Å². The van der Waals surface area contributed by atoms with E-state index in [-0.39, 0.29) is 11.3 Å². The maximum absolute atomic E-state index is 12.0. The van der Waals surface area contributed by atoms with Gasteiger partial charge in [-0.25, -0.2) is 0 Å². The van der Waals surface area contributed by atoms with E-state index in [2.05, 4.69) is 41.3 Å². The number of hydrogen-bond acceptors (Lipinski definition) is 6. The maximum atomic E-state index is 12.0. The summed E-state index contributed by atoms with van der Waals surface area (Å²) in [7, 11) is 1.82. The molecule has 0 atom stereocenters. The molecule has 1 N–H and O–H groups in total. The number of rotatable bonds is 5. The molecule has 0 aliphatic heterocycles. The Balaban J connectivity index is 1.85. The summed E-state index contributed by atoms with van der Waals surface area (Å²) in [6.07, 6.45) is 0. The van der Waals surface area contributed by atoms with Crippen LogP contribution in [0.2, 0.25) is 0 Å². The summed E-state index contributed by atoms with van der Waals surface area (Å²) in [6.45, 7) is 8.02. The zero-order valence-corrected chi connectivity index (χ0v) is 14.3. The highest BCUT2D eigenvalue weighted by molar-refractivity contribution is 7.99. The average Bonchev–Trinajstić information content (AvgIpc) is 2.96. The molecular formula is C14H21N5O2S. The predicted molar refractivity (Wildman–Crippen MR) is 85.7 cm³/mol. The molecule has 2 rings (SSSR count). The number of aryl methyl sites for hydroxylation is 2. The molecule has 2 heterocycles. The lowest BCUT2D eigenvalue weighted by Gasteiger charge is -2.13. The smallest absolute Gasteiger partial charge is 0.236 e. The van der Waals surface area contributed by atoms with E-state index < -0.39 is 0 Å². The van der Waals surface area contributed by atoms with Crippen molar-refractivity contribution < 1.29 is 9.32 Å². The number of hydrogen-bond donors (Lipinski definition) is 1. The highest BCUT2D eigenvalue weighted by atomic mass is 32.2. The van der Waals surface area contributed by atoms with Crippen molar-refractivity contribution in [3.63, 3.8) is 0 Å². The third kappa shape index (κ3) is 4.33. The molecule has 0 bridgehead atoms. The fourth-order valence-corrected chi connectivity index (χ4v) is 2.41. The summed E-state index contributed by atoms with van der Waals surface area (Å²) in [4.78, 5) is 16.1. The molecule has 22 heavy (non-hydrogen) atoms. The summed E-state index contributed by atoms with van der Waals surface area (Å²) in [5.74, 6) is 2.59. The Morgan fingerprint density at radius 2 is 2.18 bits per heavy atom. The Morgan fingerprint density at radius 3 is 2.73 bits per heavy atom. The third-order valence-corrected chi connectivity index (χ3v) is 3.86. The molecule has 0 unspecified atom stereocenters. The van der Waals surface area contributed by atoms with E-state index in [1.165, 1.54) is 11.8 Å². The van der Waals surface area contributed by atoms with Crippen molar-refractivity contribution >= 4 is 23.5 Å². The van der Waals surface area contributed by atoms with Crippen molar-refractivity contribution in [3.8, 4) is 0 Å². The first kappa shape index (κ1) is 16.5. The SMILES string of the molecule is Cc1noc(CSCC(=O)Nc2cc(C(C)(C)C)nn2C)n1. The van der Waals surface area contributed by atoms with Gasteiger partial charge in [0.05, 0.1) is 17.2 Å². The monoisotopic (exact) mass is 323 g/mol. The fraction of sp³-hybridized carbons (Fsp3) is 0.571. The standard InChI is InChI=1S/C14H21N5O2S/c1-9-15-13(21-18-9)8-22-7-12(20)16-11-6-10(14(2,3)4)17-19(11)5/h6H,7-8H2,1-5H3,(H,16,20). The summed E-state index contributed by atoms with van der Waals surface area (Å²) in [5, 5.41) is 11.0. The van der Waals surface area contributed by atoms with Crippen LogP contribution in [0.5, 0.6) is 0 Å². The summed E-state index contributed by atoms with van der Waals surface area (Å²) >= 11 is 1.43. The molecule has 2 aromatic heterocycles. The minimum absolute atomic E-state index is 0.0503.